The normalized spacial score (nSPS) is 10.7. The zero-order chi connectivity index (χ0) is 22.7. The maximum Gasteiger partial charge on any atom is 0.378 e. The van der Waals surface area contributed by atoms with Crippen molar-refractivity contribution >= 4 is 23.4 Å². The highest BCUT2D eigenvalue weighted by molar-refractivity contribution is 6.30. The van der Waals surface area contributed by atoms with Crippen LogP contribution in [0.25, 0.3) is 17.1 Å². The van der Waals surface area contributed by atoms with Gasteiger partial charge in [-0.15, -0.1) is 5.10 Å². The highest BCUT2D eigenvalue weighted by atomic mass is 35.5. The van der Waals surface area contributed by atoms with E-state index in [-0.39, 0.29) is 11.6 Å². The number of rotatable bonds is 6. The predicted octanol–water partition coefficient (Wildman–Crippen LogP) is 5.24. The van der Waals surface area contributed by atoms with E-state index < -0.39 is 12.6 Å². The third kappa shape index (κ3) is 4.60. The van der Waals surface area contributed by atoms with Gasteiger partial charge >= 0.3 is 5.97 Å². The number of halogens is 1. The molecule has 1 heterocycles. The van der Waals surface area contributed by atoms with Crippen molar-refractivity contribution in [1.82, 2.24) is 14.8 Å². The maximum absolute atomic E-state index is 12.7. The molecule has 0 saturated heterocycles. The first-order chi connectivity index (χ1) is 15.4. The monoisotopic (exact) mass is 445 g/mol. The second-order valence-corrected chi connectivity index (χ2v) is 7.77. The number of esters is 1. The van der Waals surface area contributed by atoms with Gasteiger partial charge in [0.1, 0.15) is 0 Å². The summed E-state index contributed by atoms with van der Waals surface area (Å²) in [6.07, 6.45) is 0. The smallest absolute Gasteiger partial charge is 0.378 e. The molecule has 0 amide bonds. The molecule has 0 aliphatic heterocycles. The van der Waals surface area contributed by atoms with Crippen LogP contribution in [0.15, 0.2) is 72.8 Å². The minimum atomic E-state index is -0.777. The Labute approximate surface area is 190 Å². The van der Waals surface area contributed by atoms with Crippen LogP contribution in [0.5, 0.6) is 0 Å². The Morgan fingerprint density at radius 2 is 1.75 bits per heavy atom. The molecule has 4 aromatic rings. The average Bonchev–Trinajstić information content (AvgIpc) is 3.23. The van der Waals surface area contributed by atoms with Gasteiger partial charge in [0.05, 0.1) is 5.69 Å². The van der Waals surface area contributed by atoms with Crippen LogP contribution in [0.4, 0.5) is 0 Å². The number of carbonyl (C=O) groups excluding carboxylic acids is 2. The zero-order valence-electron chi connectivity index (χ0n) is 17.6. The van der Waals surface area contributed by atoms with Crippen molar-refractivity contribution < 1.29 is 14.3 Å². The second kappa shape index (κ2) is 9.16. The van der Waals surface area contributed by atoms with E-state index in [0.717, 1.165) is 16.8 Å². The molecular weight excluding hydrogens is 426 g/mol. The molecule has 0 saturated carbocycles. The molecule has 0 unspecified atom stereocenters. The van der Waals surface area contributed by atoms with E-state index in [9.17, 15) is 9.59 Å². The van der Waals surface area contributed by atoms with E-state index in [0.29, 0.717) is 22.0 Å². The standard InChI is InChI=1S/C25H20ClN3O3/c1-16-11-12-21(17(2)13-16)29-24(19-9-6-10-20(26)14-19)27-23(28-29)25(31)32-15-22(30)18-7-4-3-5-8-18/h3-14H,15H2,1-2H3. The van der Waals surface area contributed by atoms with Crippen molar-refractivity contribution in [2.75, 3.05) is 6.61 Å². The second-order valence-electron chi connectivity index (χ2n) is 7.34. The van der Waals surface area contributed by atoms with Crippen LogP contribution in [-0.4, -0.2) is 33.1 Å². The summed E-state index contributed by atoms with van der Waals surface area (Å²) < 4.78 is 6.80. The van der Waals surface area contributed by atoms with Crippen molar-refractivity contribution in [2.45, 2.75) is 13.8 Å². The highest BCUT2D eigenvalue weighted by Gasteiger charge is 2.22. The fourth-order valence-electron chi connectivity index (χ4n) is 3.33. The molecule has 4 rings (SSSR count). The minimum absolute atomic E-state index is 0.138. The lowest BCUT2D eigenvalue weighted by molar-refractivity contribution is 0.0462. The van der Waals surface area contributed by atoms with Crippen LogP contribution < -0.4 is 0 Å². The lowest BCUT2D eigenvalue weighted by Gasteiger charge is -2.10. The zero-order valence-corrected chi connectivity index (χ0v) is 18.3. The molecule has 0 aliphatic rings. The highest BCUT2D eigenvalue weighted by Crippen LogP contribution is 2.26. The van der Waals surface area contributed by atoms with Gasteiger partial charge in [-0.05, 0) is 37.6 Å². The van der Waals surface area contributed by atoms with E-state index in [1.807, 2.05) is 44.2 Å². The SMILES string of the molecule is Cc1ccc(-n2nc(C(=O)OCC(=O)c3ccccc3)nc2-c2cccc(Cl)c2)c(C)c1. The molecule has 0 fully saturated rings. The molecule has 7 heteroatoms. The molecule has 0 N–H and O–H groups in total. The number of Topliss-reactive ketones (excluding diaryl/α,β-unsaturated/α-hetero) is 1. The van der Waals surface area contributed by atoms with E-state index in [1.54, 1.807) is 47.1 Å². The van der Waals surface area contributed by atoms with E-state index in [1.165, 1.54) is 0 Å². The van der Waals surface area contributed by atoms with Crippen LogP contribution in [0, 0.1) is 13.8 Å². The fraction of sp³-hybridized carbons (Fsp3) is 0.120. The van der Waals surface area contributed by atoms with E-state index in [4.69, 9.17) is 16.3 Å². The summed E-state index contributed by atoms with van der Waals surface area (Å²) in [5, 5.41) is 4.94. The van der Waals surface area contributed by atoms with Crippen molar-refractivity contribution in [3.05, 3.63) is 100 Å². The summed E-state index contributed by atoms with van der Waals surface area (Å²) in [7, 11) is 0. The summed E-state index contributed by atoms with van der Waals surface area (Å²) in [4.78, 5) is 29.4. The van der Waals surface area contributed by atoms with Gasteiger partial charge < -0.3 is 4.74 Å². The summed E-state index contributed by atoms with van der Waals surface area (Å²) >= 11 is 6.17. The molecule has 6 nitrogen and oxygen atoms in total. The topological polar surface area (TPSA) is 74.1 Å². The van der Waals surface area contributed by atoms with Gasteiger partial charge in [-0.25, -0.2) is 14.5 Å². The lowest BCUT2D eigenvalue weighted by atomic mass is 10.1. The van der Waals surface area contributed by atoms with Crippen LogP contribution >= 0.6 is 11.6 Å². The van der Waals surface area contributed by atoms with Crippen molar-refractivity contribution in [2.24, 2.45) is 0 Å². The third-order valence-corrected chi connectivity index (χ3v) is 5.12. The van der Waals surface area contributed by atoms with E-state index in [2.05, 4.69) is 10.1 Å². The lowest BCUT2D eigenvalue weighted by Crippen LogP contribution is -2.15. The number of aromatic nitrogens is 3. The molecule has 32 heavy (non-hydrogen) atoms. The number of carbonyl (C=O) groups is 2. The van der Waals surface area contributed by atoms with Crippen LogP contribution in [0.1, 0.15) is 32.1 Å². The molecule has 0 aliphatic carbocycles. The number of nitrogens with zero attached hydrogens (tertiary/aromatic N) is 3. The molecule has 3 aromatic carbocycles. The number of hydrogen-bond donors (Lipinski definition) is 0. The van der Waals surface area contributed by atoms with E-state index >= 15 is 0 Å². The first-order valence-corrected chi connectivity index (χ1v) is 10.4. The van der Waals surface area contributed by atoms with Crippen LogP contribution in [0.2, 0.25) is 5.02 Å². The van der Waals surface area contributed by atoms with Gasteiger partial charge in [0.25, 0.3) is 5.82 Å². The number of hydrogen-bond acceptors (Lipinski definition) is 5. The van der Waals surface area contributed by atoms with Gasteiger partial charge in [0.15, 0.2) is 18.2 Å². The molecule has 0 bridgehead atoms. The molecular formula is C25H20ClN3O3. The molecule has 1 aromatic heterocycles. The van der Waals surface area contributed by atoms with Gasteiger partial charge in [-0.2, -0.15) is 0 Å². The number of ketones is 1. The fourth-order valence-corrected chi connectivity index (χ4v) is 3.52. The average molecular weight is 446 g/mol. The number of aryl methyl sites for hydroxylation is 2. The largest absolute Gasteiger partial charge is 0.451 e. The van der Waals surface area contributed by atoms with Gasteiger partial charge in [-0.1, -0.05) is 71.8 Å². The maximum atomic E-state index is 12.7. The predicted molar refractivity (Wildman–Crippen MR) is 122 cm³/mol. The van der Waals surface area contributed by atoms with Gasteiger partial charge in [-0.3, -0.25) is 4.79 Å². The van der Waals surface area contributed by atoms with Crippen molar-refractivity contribution in [3.8, 4) is 17.1 Å². The quantitative estimate of drug-likeness (QED) is 0.299. The number of ether oxygens (including phenoxy) is 1. The van der Waals surface area contributed by atoms with Crippen molar-refractivity contribution in [1.29, 1.82) is 0 Å². The Hall–Kier alpha value is -3.77. The molecule has 0 spiro atoms. The third-order valence-electron chi connectivity index (χ3n) is 4.88. The Kier molecular flexibility index (Phi) is 6.14. The minimum Gasteiger partial charge on any atom is -0.451 e. The van der Waals surface area contributed by atoms with Crippen LogP contribution in [-0.2, 0) is 4.74 Å². The molecule has 0 atom stereocenters. The summed E-state index contributed by atoms with van der Waals surface area (Å²) in [6, 6.07) is 21.7. The van der Waals surface area contributed by atoms with Gasteiger partial charge in [0.2, 0.25) is 0 Å². The number of benzene rings is 3. The van der Waals surface area contributed by atoms with Crippen molar-refractivity contribution in [3.63, 3.8) is 0 Å². The Morgan fingerprint density at radius 1 is 0.969 bits per heavy atom. The summed E-state index contributed by atoms with van der Waals surface area (Å²) in [5.74, 6) is -0.773. The van der Waals surface area contributed by atoms with Gasteiger partial charge in [0, 0.05) is 16.1 Å². The van der Waals surface area contributed by atoms with Crippen LogP contribution in [0.3, 0.4) is 0 Å². The Bertz CT molecular complexity index is 1300. The first-order valence-electron chi connectivity index (χ1n) is 9.98. The summed E-state index contributed by atoms with van der Waals surface area (Å²) in [5.41, 5.74) is 4.02. The Morgan fingerprint density at radius 3 is 2.47 bits per heavy atom. The Balaban J connectivity index is 1.67. The summed E-state index contributed by atoms with van der Waals surface area (Å²) in [6.45, 7) is 3.57. The molecule has 160 valence electrons. The molecule has 0 radical (unpaired) electrons. The first kappa shape index (κ1) is 21.5.